The van der Waals surface area contributed by atoms with Crippen molar-refractivity contribution in [2.75, 3.05) is 4.72 Å². The molecule has 74 valence electrons. The minimum Gasteiger partial charge on any atom is -0.382 e. The zero-order chi connectivity index (χ0) is 10.3. The Labute approximate surface area is 89.3 Å². The maximum atomic E-state index is 11.1. The van der Waals surface area contributed by atoms with Gasteiger partial charge in [-0.15, -0.1) is 4.40 Å². The van der Waals surface area contributed by atoms with Gasteiger partial charge >= 0.3 is 10.2 Å². The van der Waals surface area contributed by atoms with Gasteiger partial charge in [0.05, 0.1) is 5.69 Å². The predicted octanol–water partition coefficient (Wildman–Crippen LogP) is 0.825. The molecule has 0 saturated heterocycles. The summed E-state index contributed by atoms with van der Waals surface area (Å²) in [5, 5.41) is 0. The van der Waals surface area contributed by atoms with E-state index in [9.17, 15) is 8.42 Å². The molecule has 1 aliphatic heterocycles. The van der Waals surface area contributed by atoms with Gasteiger partial charge in [0.1, 0.15) is 5.84 Å². The van der Waals surface area contributed by atoms with Crippen molar-refractivity contribution in [1.82, 2.24) is 0 Å². The molecule has 14 heavy (non-hydrogen) atoms. The van der Waals surface area contributed by atoms with E-state index in [2.05, 4.69) is 25.0 Å². The largest absolute Gasteiger partial charge is 0.382 e. The van der Waals surface area contributed by atoms with E-state index in [1.807, 2.05) is 0 Å². The SMILES string of the molecule is NC1=NS(=O)(=O)Nc2cc(Br)ccc21. The molecule has 0 aromatic heterocycles. The Bertz CT molecular complexity index is 524. The number of nitrogens with one attached hydrogen (secondary N) is 1. The van der Waals surface area contributed by atoms with Gasteiger partial charge < -0.3 is 5.73 Å². The van der Waals surface area contributed by atoms with Crippen molar-refractivity contribution in [3.05, 3.63) is 28.2 Å². The Morgan fingerprint density at radius 1 is 1.43 bits per heavy atom. The number of halogens is 1. The highest BCUT2D eigenvalue weighted by Crippen LogP contribution is 2.25. The Kier molecular flexibility index (Phi) is 2.00. The van der Waals surface area contributed by atoms with Gasteiger partial charge in [-0.3, -0.25) is 4.72 Å². The van der Waals surface area contributed by atoms with Crippen LogP contribution >= 0.6 is 15.9 Å². The lowest BCUT2D eigenvalue weighted by Gasteiger charge is -2.15. The smallest absolute Gasteiger partial charge is 0.344 e. The second kappa shape index (κ2) is 2.96. The molecule has 0 spiro atoms. The third-order valence-corrected chi connectivity index (χ3v) is 3.12. The van der Waals surface area contributed by atoms with Crippen molar-refractivity contribution in [2.45, 2.75) is 0 Å². The van der Waals surface area contributed by atoms with Crippen LogP contribution in [0, 0.1) is 0 Å². The first kappa shape index (κ1) is 9.47. The van der Waals surface area contributed by atoms with Crippen LogP contribution in [-0.2, 0) is 10.2 Å². The summed E-state index contributed by atoms with van der Waals surface area (Å²) in [6, 6.07) is 5.09. The summed E-state index contributed by atoms with van der Waals surface area (Å²) in [5.41, 5.74) is 6.51. The van der Waals surface area contributed by atoms with Crippen LogP contribution in [0.1, 0.15) is 5.56 Å². The molecule has 1 aromatic rings. The van der Waals surface area contributed by atoms with Gasteiger partial charge in [0, 0.05) is 10.0 Å². The Morgan fingerprint density at radius 2 is 2.14 bits per heavy atom. The monoisotopic (exact) mass is 275 g/mol. The molecule has 1 heterocycles. The first-order valence-corrected chi connectivity index (χ1v) is 5.89. The summed E-state index contributed by atoms with van der Waals surface area (Å²) in [6.45, 7) is 0. The van der Waals surface area contributed by atoms with E-state index in [1.165, 1.54) is 0 Å². The van der Waals surface area contributed by atoms with Gasteiger partial charge in [-0.05, 0) is 18.2 Å². The molecule has 7 heteroatoms. The molecule has 0 amide bonds. The van der Waals surface area contributed by atoms with Crippen LogP contribution in [0.4, 0.5) is 5.69 Å². The third kappa shape index (κ3) is 1.60. The molecule has 0 aliphatic carbocycles. The van der Waals surface area contributed by atoms with Crippen LogP contribution in [0.2, 0.25) is 0 Å². The van der Waals surface area contributed by atoms with Crippen LogP contribution in [-0.4, -0.2) is 14.3 Å². The molecule has 3 N–H and O–H groups in total. The molecule has 0 saturated carbocycles. The molecule has 1 aromatic carbocycles. The molecule has 2 rings (SSSR count). The minimum absolute atomic E-state index is 0.00579. The number of hydrogen-bond acceptors (Lipinski definition) is 3. The molecule has 1 aliphatic rings. The predicted molar refractivity (Wildman–Crippen MR) is 57.4 cm³/mol. The van der Waals surface area contributed by atoms with E-state index in [4.69, 9.17) is 5.73 Å². The molecule has 0 fully saturated rings. The van der Waals surface area contributed by atoms with Gasteiger partial charge in [-0.2, -0.15) is 8.42 Å². The number of hydrogen-bond donors (Lipinski definition) is 2. The van der Waals surface area contributed by atoms with Gasteiger partial charge in [0.2, 0.25) is 0 Å². The maximum absolute atomic E-state index is 11.1. The van der Waals surface area contributed by atoms with Crippen molar-refractivity contribution in [2.24, 2.45) is 10.1 Å². The molecule has 5 nitrogen and oxygen atoms in total. The highest BCUT2D eigenvalue weighted by molar-refractivity contribution is 9.10. The molecule has 0 atom stereocenters. The first-order valence-electron chi connectivity index (χ1n) is 3.66. The summed E-state index contributed by atoms with van der Waals surface area (Å²) in [7, 11) is -3.67. The zero-order valence-electron chi connectivity index (χ0n) is 6.86. The molecular formula is C7H6BrN3O2S. The van der Waals surface area contributed by atoms with Crippen LogP contribution < -0.4 is 10.5 Å². The van der Waals surface area contributed by atoms with Crippen LogP contribution in [0.15, 0.2) is 27.1 Å². The Morgan fingerprint density at radius 3 is 2.86 bits per heavy atom. The number of nitrogens with two attached hydrogens (primary N) is 1. The second-order valence-electron chi connectivity index (χ2n) is 2.74. The standard InChI is InChI=1S/C7H6BrN3O2S/c8-4-1-2-5-6(3-4)10-14(12,13)11-7(5)9/h1-3,10H,(H2,9,11). The van der Waals surface area contributed by atoms with E-state index in [-0.39, 0.29) is 5.84 Å². The van der Waals surface area contributed by atoms with Crippen LogP contribution in [0.5, 0.6) is 0 Å². The number of fused-ring (bicyclic) bond motifs is 1. The van der Waals surface area contributed by atoms with Gasteiger partial charge in [-0.1, -0.05) is 15.9 Å². The Balaban J connectivity index is 2.68. The van der Waals surface area contributed by atoms with Crippen LogP contribution in [0.3, 0.4) is 0 Å². The van der Waals surface area contributed by atoms with Crippen molar-refractivity contribution in [3.8, 4) is 0 Å². The average Bonchev–Trinajstić information content (AvgIpc) is 2.00. The minimum atomic E-state index is -3.67. The average molecular weight is 276 g/mol. The van der Waals surface area contributed by atoms with E-state index in [0.717, 1.165) is 4.47 Å². The normalized spacial score (nSPS) is 17.9. The number of anilines is 1. The third-order valence-electron chi connectivity index (χ3n) is 1.72. The fourth-order valence-corrected chi connectivity index (χ4v) is 2.38. The second-order valence-corrected chi connectivity index (χ2v) is 5.00. The molecule has 0 unspecified atom stereocenters. The fourth-order valence-electron chi connectivity index (χ4n) is 1.16. The van der Waals surface area contributed by atoms with Crippen molar-refractivity contribution < 1.29 is 8.42 Å². The van der Waals surface area contributed by atoms with Crippen molar-refractivity contribution in [3.63, 3.8) is 0 Å². The highest BCUT2D eigenvalue weighted by Gasteiger charge is 2.20. The van der Waals surface area contributed by atoms with E-state index >= 15 is 0 Å². The quantitative estimate of drug-likeness (QED) is 0.735. The highest BCUT2D eigenvalue weighted by atomic mass is 79.9. The van der Waals surface area contributed by atoms with E-state index < -0.39 is 10.2 Å². The van der Waals surface area contributed by atoms with Gasteiger partial charge in [0.15, 0.2) is 0 Å². The summed E-state index contributed by atoms with van der Waals surface area (Å²) >= 11 is 3.23. The number of benzene rings is 1. The topological polar surface area (TPSA) is 84.5 Å². The summed E-state index contributed by atoms with van der Waals surface area (Å²) in [4.78, 5) is 0. The van der Waals surface area contributed by atoms with E-state index in [0.29, 0.717) is 11.3 Å². The van der Waals surface area contributed by atoms with Gasteiger partial charge in [-0.25, -0.2) is 0 Å². The number of rotatable bonds is 0. The fraction of sp³-hybridized carbons (Fsp3) is 0. The molecular weight excluding hydrogens is 270 g/mol. The number of nitrogens with zero attached hydrogens (tertiary/aromatic N) is 1. The van der Waals surface area contributed by atoms with Crippen LogP contribution in [0.25, 0.3) is 0 Å². The van der Waals surface area contributed by atoms with E-state index in [1.54, 1.807) is 18.2 Å². The zero-order valence-corrected chi connectivity index (χ0v) is 9.26. The lowest BCUT2D eigenvalue weighted by molar-refractivity contribution is 0.602. The lowest BCUT2D eigenvalue weighted by atomic mass is 10.2. The molecule has 0 radical (unpaired) electrons. The van der Waals surface area contributed by atoms with Crippen molar-refractivity contribution in [1.29, 1.82) is 0 Å². The summed E-state index contributed by atoms with van der Waals surface area (Å²) < 4.78 is 28.7. The Hall–Kier alpha value is -1.08. The lowest BCUT2D eigenvalue weighted by Crippen LogP contribution is -2.26. The molecule has 0 bridgehead atoms. The first-order chi connectivity index (χ1) is 6.48. The summed E-state index contributed by atoms with van der Waals surface area (Å²) in [5.74, 6) is 0.00579. The maximum Gasteiger partial charge on any atom is 0.344 e. The van der Waals surface area contributed by atoms with Gasteiger partial charge in [0.25, 0.3) is 0 Å². The summed E-state index contributed by atoms with van der Waals surface area (Å²) in [6.07, 6.45) is 0. The van der Waals surface area contributed by atoms with Crippen molar-refractivity contribution >= 4 is 37.7 Å². The number of amidine groups is 1.